The smallest absolute Gasteiger partial charge is 0.354 e. The van der Waals surface area contributed by atoms with Crippen molar-refractivity contribution in [1.29, 1.82) is 0 Å². The van der Waals surface area contributed by atoms with Gasteiger partial charge in [-0.25, -0.2) is 14.3 Å². The summed E-state index contributed by atoms with van der Waals surface area (Å²) in [5, 5.41) is 14.0. The van der Waals surface area contributed by atoms with E-state index in [0.29, 0.717) is 25.3 Å². The van der Waals surface area contributed by atoms with Gasteiger partial charge >= 0.3 is 5.97 Å². The van der Waals surface area contributed by atoms with Crippen molar-refractivity contribution in [2.45, 2.75) is 6.42 Å². The van der Waals surface area contributed by atoms with Gasteiger partial charge in [0.1, 0.15) is 5.69 Å². The predicted molar refractivity (Wildman–Crippen MR) is 105 cm³/mol. The molecule has 0 bridgehead atoms. The Bertz CT molecular complexity index is 966. The average molecular weight is 464 g/mol. The second-order valence-electron chi connectivity index (χ2n) is 6.07. The van der Waals surface area contributed by atoms with Gasteiger partial charge in [0, 0.05) is 40.5 Å². The summed E-state index contributed by atoms with van der Waals surface area (Å²) in [4.78, 5) is 17.7. The summed E-state index contributed by atoms with van der Waals surface area (Å²) in [5.41, 5.74) is 2.84. The van der Waals surface area contributed by atoms with Crippen molar-refractivity contribution >= 4 is 39.9 Å². The molecule has 4 rings (SSSR count). The quantitative estimate of drug-likeness (QED) is 0.598. The third-order valence-corrected chi connectivity index (χ3v) is 5.01. The van der Waals surface area contributed by atoms with Crippen molar-refractivity contribution in [3.8, 4) is 0 Å². The van der Waals surface area contributed by atoms with E-state index in [1.807, 2.05) is 22.8 Å². The van der Waals surface area contributed by atoms with Crippen molar-refractivity contribution < 1.29 is 14.6 Å². The molecule has 1 aliphatic heterocycles. The molecule has 4 heterocycles. The van der Waals surface area contributed by atoms with Gasteiger partial charge in [0.05, 0.1) is 18.7 Å². The number of halogens is 1. The molecule has 0 radical (unpaired) electrons. The van der Waals surface area contributed by atoms with Crippen LogP contribution in [0.4, 0.5) is 5.82 Å². The molecule has 0 saturated carbocycles. The first-order chi connectivity index (χ1) is 12.6. The number of hydrogen-bond acceptors (Lipinski definition) is 5. The third-order valence-electron chi connectivity index (χ3n) is 4.37. The van der Waals surface area contributed by atoms with Crippen LogP contribution in [-0.4, -0.2) is 52.0 Å². The SMILES string of the molecule is O=C(O)c1cccc(Cc2c(N3CCOCC3)nn3cc(I)ccc23)n1. The zero-order valence-corrected chi connectivity index (χ0v) is 16.1. The zero-order valence-electron chi connectivity index (χ0n) is 13.9. The monoisotopic (exact) mass is 464 g/mol. The van der Waals surface area contributed by atoms with Crippen LogP contribution in [0.3, 0.4) is 0 Å². The maximum absolute atomic E-state index is 11.2. The number of hydrogen-bond donors (Lipinski definition) is 1. The molecule has 0 aromatic carbocycles. The number of carboxylic acids is 1. The van der Waals surface area contributed by atoms with Crippen molar-refractivity contribution in [3.63, 3.8) is 0 Å². The highest BCUT2D eigenvalue weighted by atomic mass is 127. The van der Waals surface area contributed by atoms with Crippen LogP contribution in [0.5, 0.6) is 0 Å². The van der Waals surface area contributed by atoms with Gasteiger partial charge in [-0.1, -0.05) is 6.07 Å². The van der Waals surface area contributed by atoms with E-state index in [1.54, 1.807) is 6.07 Å². The van der Waals surface area contributed by atoms with Gasteiger partial charge in [0.15, 0.2) is 5.82 Å². The highest BCUT2D eigenvalue weighted by Gasteiger charge is 2.21. The molecule has 7 nitrogen and oxygen atoms in total. The van der Waals surface area contributed by atoms with Gasteiger partial charge in [-0.05, 0) is 46.9 Å². The minimum Gasteiger partial charge on any atom is -0.477 e. The number of ether oxygens (including phenoxy) is 1. The van der Waals surface area contributed by atoms with E-state index in [0.717, 1.165) is 33.6 Å². The van der Waals surface area contributed by atoms with E-state index < -0.39 is 5.97 Å². The lowest BCUT2D eigenvalue weighted by atomic mass is 10.1. The minimum atomic E-state index is -1.02. The number of fused-ring (bicyclic) bond motifs is 1. The summed E-state index contributed by atoms with van der Waals surface area (Å²) >= 11 is 2.27. The topological polar surface area (TPSA) is 80.0 Å². The van der Waals surface area contributed by atoms with Crippen molar-refractivity contribution in [2.24, 2.45) is 0 Å². The lowest BCUT2D eigenvalue weighted by Crippen LogP contribution is -2.37. The molecule has 3 aromatic heterocycles. The Hall–Kier alpha value is -2.20. The number of anilines is 1. The summed E-state index contributed by atoms with van der Waals surface area (Å²) in [6.07, 6.45) is 2.52. The van der Waals surface area contributed by atoms with E-state index in [-0.39, 0.29) is 5.69 Å². The number of nitrogens with zero attached hydrogens (tertiary/aromatic N) is 4. The largest absolute Gasteiger partial charge is 0.477 e. The fourth-order valence-corrected chi connectivity index (χ4v) is 3.58. The number of carboxylic acid groups (broad SMARTS) is 1. The molecule has 1 fully saturated rings. The number of pyridine rings is 2. The first-order valence-electron chi connectivity index (χ1n) is 8.30. The molecule has 0 spiro atoms. The average Bonchev–Trinajstić information content (AvgIpc) is 3.00. The van der Waals surface area contributed by atoms with E-state index in [9.17, 15) is 9.90 Å². The summed E-state index contributed by atoms with van der Waals surface area (Å²) in [6.45, 7) is 2.93. The summed E-state index contributed by atoms with van der Waals surface area (Å²) in [5.74, 6) is -0.104. The van der Waals surface area contributed by atoms with Crippen molar-refractivity contribution in [2.75, 3.05) is 31.2 Å². The van der Waals surface area contributed by atoms with Crippen LogP contribution in [0.1, 0.15) is 21.7 Å². The van der Waals surface area contributed by atoms with Crippen LogP contribution < -0.4 is 4.90 Å². The lowest BCUT2D eigenvalue weighted by Gasteiger charge is -2.27. The second kappa shape index (κ2) is 7.20. The van der Waals surface area contributed by atoms with Gasteiger partial charge < -0.3 is 14.7 Å². The first-order valence-corrected chi connectivity index (χ1v) is 9.38. The van der Waals surface area contributed by atoms with Crippen LogP contribution in [0.2, 0.25) is 0 Å². The molecule has 0 unspecified atom stereocenters. The number of morpholine rings is 1. The molecule has 1 saturated heterocycles. The summed E-state index contributed by atoms with van der Waals surface area (Å²) < 4.78 is 8.45. The maximum atomic E-state index is 11.2. The summed E-state index contributed by atoms with van der Waals surface area (Å²) in [6, 6.07) is 9.19. The van der Waals surface area contributed by atoms with Crippen LogP contribution in [0.25, 0.3) is 5.52 Å². The number of aromatic carboxylic acids is 1. The molecule has 0 atom stereocenters. The van der Waals surface area contributed by atoms with Gasteiger partial charge in [0.2, 0.25) is 0 Å². The Morgan fingerprint density at radius 3 is 2.81 bits per heavy atom. The van der Waals surface area contributed by atoms with Crippen LogP contribution in [0, 0.1) is 3.57 Å². The van der Waals surface area contributed by atoms with Crippen LogP contribution in [-0.2, 0) is 11.2 Å². The van der Waals surface area contributed by atoms with Crippen molar-refractivity contribution in [3.05, 3.63) is 57.1 Å². The highest BCUT2D eigenvalue weighted by Crippen LogP contribution is 2.28. The fraction of sp³-hybridized carbons (Fsp3) is 0.278. The number of carbonyl (C=O) groups is 1. The molecule has 1 N–H and O–H groups in total. The number of aromatic nitrogens is 3. The van der Waals surface area contributed by atoms with Gasteiger partial charge in [0.25, 0.3) is 0 Å². The first kappa shape index (κ1) is 17.2. The van der Waals surface area contributed by atoms with Crippen molar-refractivity contribution in [1.82, 2.24) is 14.6 Å². The molecular weight excluding hydrogens is 447 g/mol. The van der Waals surface area contributed by atoms with E-state index >= 15 is 0 Å². The standard InChI is InChI=1S/C18H17IN4O3/c19-12-4-5-16-14(10-13-2-1-3-15(20-13)18(24)25)17(21-23(16)11-12)22-6-8-26-9-7-22/h1-5,11H,6-10H2,(H,24,25). The molecule has 8 heteroatoms. The Labute approximate surface area is 163 Å². The molecule has 0 amide bonds. The van der Waals surface area contributed by atoms with Gasteiger partial charge in [-0.2, -0.15) is 0 Å². The lowest BCUT2D eigenvalue weighted by molar-refractivity contribution is 0.0690. The maximum Gasteiger partial charge on any atom is 0.354 e. The molecule has 0 aliphatic carbocycles. The van der Waals surface area contributed by atoms with Gasteiger partial charge in [-0.15, -0.1) is 5.10 Å². The number of rotatable bonds is 4. The van der Waals surface area contributed by atoms with E-state index in [2.05, 4.69) is 38.5 Å². The Balaban J connectivity index is 1.79. The van der Waals surface area contributed by atoms with Crippen LogP contribution in [0.15, 0.2) is 36.5 Å². The second-order valence-corrected chi connectivity index (χ2v) is 7.32. The Morgan fingerprint density at radius 1 is 1.23 bits per heavy atom. The Morgan fingerprint density at radius 2 is 2.04 bits per heavy atom. The Kier molecular flexibility index (Phi) is 4.77. The van der Waals surface area contributed by atoms with E-state index in [4.69, 9.17) is 9.84 Å². The third kappa shape index (κ3) is 3.38. The highest BCUT2D eigenvalue weighted by molar-refractivity contribution is 14.1. The summed E-state index contributed by atoms with van der Waals surface area (Å²) in [7, 11) is 0. The molecule has 3 aromatic rings. The zero-order chi connectivity index (χ0) is 18.1. The normalized spacial score (nSPS) is 14.7. The molecular formula is C18H17IN4O3. The minimum absolute atomic E-state index is 0.0569. The molecule has 134 valence electrons. The predicted octanol–water partition coefficient (Wildman–Crippen LogP) is 2.46. The van der Waals surface area contributed by atoms with E-state index in [1.165, 1.54) is 6.07 Å². The molecule has 1 aliphatic rings. The van der Waals surface area contributed by atoms with Gasteiger partial charge in [-0.3, -0.25) is 0 Å². The molecule has 26 heavy (non-hydrogen) atoms. The fourth-order valence-electron chi connectivity index (χ4n) is 3.14. The van der Waals surface area contributed by atoms with Crippen LogP contribution >= 0.6 is 22.6 Å².